The third-order valence-corrected chi connectivity index (χ3v) is 4.35. The zero-order valence-corrected chi connectivity index (χ0v) is 14.8. The molecule has 2 aromatic rings. The van der Waals surface area contributed by atoms with Crippen molar-refractivity contribution in [3.8, 4) is 5.75 Å². The van der Waals surface area contributed by atoms with E-state index in [2.05, 4.69) is 0 Å². The van der Waals surface area contributed by atoms with Crippen LogP contribution in [0.3, 0.4) is 0 Å². The molecular formula is C20H23NO5. The normalized spacial score (nSPS) is 16.4. The molecule has 2 heterocycles. The standard InChI is InChI=1S/C20H23NO5/c1-15(22)16-6-8-17(9-7-16)26-14-20(23)21(12-18-4-2-10-24-18)13-19-5-3-11-25-19/h2,4,6-10,19H,3,5,11-14H2,1H3. The molecule has 1 aliphatic rings. The minimum atomic E-state index is -0.132. The first-order chi connectivity index (χ1) is 12.6. The second-order valence-corrected chi connectivity index (χ2v) is 6.36. The van der Waals surface area contributed by atoms with E-state index in [1.807, 2.05) is 6.07 Å². The molecule has 0 spiro atoms. The molecule has 1 saturated heterocycles. The molecule has 1 atom stereocenters. The monoisotopic (exact) mass is 357 g/mol. The fourth-order valence-corrected chi connectivity index (χ4v) is 2.90. The van der Waals surface area contributed by atoms with Gasteiger partial charge in [0.2, 0.25) is 0 Å². The number of benzene rings is 1. The highest BCUT2D eigenvalue weighted by atomic mass is 16.5. The van der Waals surface area contributed by atoms with Crippen LogP contribution in [0.1, 0.15) is 35.9 Å². The first kappa shape index (κ1) is 18.2. The number of ether oxygens (including phenoxy) is 2. The number of carbonyl (C=O) groups excluding carboxylic acids is 2. The fourth-order valence-electron chi connectivity index (χ4n) is 2.90. The lowest BCUT2D eigenvalue weighted by Crippen LogP contribution is -2.39. The summed E-state index contributed by atoms with van der Waals surface area (Å²) >= 11 is 0. The molecule has 1 aromatic carbocycles. The molecule has 138 valence electrons. The Morgan fingerprint density at radius 2 is 2.04 bits per heavy atom. The van der Waals surface area contributed by atoms with Crippen molar-refractivity contribution >= 4 is 11.7 Å². The highest BCUT2D eigenvalue weighted by Crippen LogP contribution is 2.17. The summed E-state index contributed by atoms with van der Waals surface area (Å²) in [6.45, 7) is 3.08. The zero-order chi connectivity index (χ0) is 18.4. The number of Topliss-reactive ketones (excluding diaryl/α,β-unsaturated/α-hetero) is 1. The van der Waals surface area contributed by atoms with E-state index in [9.17, 15) is 9.59 Å². The number of amides is 1. The average Bonchev–Trinajstić information content (AvgIpc) is 3.33. The molecule has 1 aliphatic heterocycles. The van der Waals surface area contributed by atoms with Gasteiger partial charge in [0.05, 0.1) is 18.9 Å². The average molecular weight is 357 g/mol. The topological polar surface area (TPSA) is 69.0 Å². The predicted octanol–water partition coefficient (Wildman–Crippen LogP) is 3.07. The second-order valence-electron chi connectivity index (χ2n) is 6.36. The molecule has 1 amide bonds. The van der Waals surface area contributed by atoms with Crippen LogP contribution in [0.5, 0.6) is 5.75 Å². The lowest BCUT2D eigenvalue weighted by molar-refractivity contribution is -0.135. The maximum absolute atomic E-state index is 12.7. The van der Waals surface area contributed by atoms with E-state index in [0.29, 0.717) is 24.4 Å². The third kappa shape index (κ3) is 4.95. The molecule has 0 N–H and O–H groups in total. The molecule has 6 nitrogen and oxygen atoms in total. The number of rotatable bonds is 8. The Balaban J connectivity index is 1.59. The summed E-state index contributed by atoms with van der Waals surface area (Å²) in [7, 11) is 0. The molecule has 0 radical (unpaired) electrons. The number of hydrogen-bond acceptors (Lipinski definition) is 5. The summed E-state index contributed by atoms with van der Waals surface area (Å²) in [5, 5.41) is 0. The predicted molar refractivity (Wildman–Crippen MR) is 95.0 cm³/mol. The summed E-state index contributed by atoms with van der Waals surface area (Å²) in [5.74, 6) is 1.14. The number of furan rings is 1. The minimum absolute atomic E-state index is 0.00573. The summed E-state index contributed by atoms with van der Waals surface area (Å²) in [5.41, 5.74) is 0.613. The fraction of sp³-hybridized carbons (Fsp3) is 0.400. The summed E-state index contributed by atoms with van der Waals surface area (Å²) in [6, 6.07) is 10.4. The smallest absolute Gasteiger partial charge is 0.261 e. The van der Waals surface area contributed by atoms with Gasteiger partial charge in [0, 0.05) is 18.7 Å². The van der Waals surface area contributed by atoms with Gasteiger partial charge in [-0.3, -0.25) is 9.59 Å². The van der Waals surface area contributed by atoms with Gasteiger partial charge in [-0.15, -0.1) is 0 Å². The van der Waals surface area contributed by atoms with Crippen molar-refractivity contribution in [2.24, 2.45) is 0 Å². The molecular weight excluding hydrogens is 334 g/mol. The second kappa shape index (κ2) is 8.67. The van der Waals surface area contributed by atoms with Gasteiger partial charge < -0.3 is 18.8 Å². The Morgan fingerprint density at radius 1 is 1.23 bits per heavy atom. The van der Waals surface area contributed by atoms with Crippen LogP contribution in [0.4, 0.5) is 0 Å². The lowest BCUT2D eigenvalue weighted by atomic mass is 10.1. The first-order valence-electron chi connectivity index (χ1n) is 8.77. The highest BCUT2D eigenvalue weighted by molar-refractivity contribution is 5.94. The number of carbonyl (C=O) groups is 2. The van der Waals surface area contributed by atoms with Gasteiger partial charge in [-0.05, 0) is 56.2 Å². The largest absolute Gasteiger partial charge is 0.484 e. The first-order valence-corrected chi connectivity index (χ1v) is 8.77. The number of hydrogen-bond donors (Lipinski definition) is 0. The van der Waals surface area contributed by atoms with Gasteiger partial charge in [0.25, 0.3) is 5.91 Å². The maximum atomic E-state index is 12.7. The van der Waals surface area contributed by atoms with Crippen LogP contribution in [0.2, 0.25) is 0 Å². The summed E-state index contributed by atoms with van der Waals surface area (Å²) in [4.78, 5) is 25.7. The molecule has 0 bridgehead atoms. The van der Waals surface area contributed by atoms with E-state index in [0.717, 1.165) is 25.2 Å². The maximum Gasteiger partial charge on any atom is 0.261 e. The van der Waals surface area contributed by atoms with Crippen LogP contribution < -0.4 is 4.74 Å². The van der Waals surface area contributed by atoms with Crippen molar-refractivity contribution in [2.75, 3.05) is 19.8 Å². The Bertz CT molecular complexity index is 717. The van der Waals surface area contributed by atoms with Gasteiger partial charge in [-0.1, -0.05) is 0 Å². The Labute approximate surface area is 152 Å². The van der Waals surface area contributed by atoms with Crippen LogP contribution >= 0.6 is 0 Å². The van der Waals surface area contributed by atoms with Gasteiger partial charge in [-0.25, -0.2) is 0 Å². The van der Waals surface area contributed by atoms with Gasteiger partial charge in [0.15, 0.2) is 12.4 Å². The van der Waals surface area contributed by atoms with E-state index in [1.165, 1.54) is 6.92 Å². The number of ketones is 1. The quantitative estimate of drug-likeness (QED) is 0.679. The SMILES string of the molecule is CC(=O)c1ccc(OCC(=O)N(Cc2ccco2)CC2CCCO2)cc1. The van der Waals surface area contributed by atoms with Crippen LogP contribution in [0.25, 0.3) is 0 Å². The molecule has 1 unspecified atom stereocenters. The van der Waals surface area contributed by atoms with Crippen molar-refractivity contribution < 1.29 is 23.5 Å². The van der Waals surface area contributed by atoms with E-state index in [1.54, 1.807) is 41.5 Å². The van der Waals surface area contributed by atoms with E-state index in [4.69, 9.17) is 13.9 Å². The Hall–Kier alpha value is -2.60. The highest BCUT2D eigenvalue weighted by Gasteiger charge is 2.23. The van der Waals surface area contributed by atoms with Crippen LogP contribution in [-0.2, 0) is 16.1 Å². The molecule has 3 rings (SSSR count). The van der Waals surface area contributed by atoms with Gasteiger partial charge in [-0.2, -0.15) is 0 Å². The van der Waals surface area contributed by atoms with Crippen molar-refractivity contribution in [2.45, 2.75) is 32.4 Å². The number of nitrogens with zero attached hydrogens (tertiary/aromatic N) is 1. The zero-order valence-electron chi connectivity index (χ0n) is 14.8. The van der Waals surface area contributed by atoms with E-state index in [-0.39, 0.29) is 24.4 Å². The molecule has 1 aromatic heterocycles. The molecule has 0 aliphatic carbocycles. The van der Waals surface area contributed by atoms with Crippen molar-refractivity contribution in [1.29, 1.82) is 0 Å². The van der Waals surface area contributed by atoms with E-state index >= 15 is 0 Å². The molecule has 1 fully saturated rings. The van der Waals surface area contributed by atoms with Crippen molar-refractivity contribution in [3.63, 3.8) is 0 Å². The Kier molecular flexibility index (Phi) is 6.07. The minimum Gasteiger partial charge on any atom is -0.484 e. The van der Waals surface area contributed by atoms with Crippen molar-refractivity contribution in [3.05, 3.63) is 54.0 Å². The van der Waals surface area contributed by atoms with Crippen LogP contribution in [0.15, 0.2) is 47.1 Å². The van der Waals surface area contributed by atoms with Gasteiger partial charge >= 0.3 is 0 Å². The molecule has 0 saturated carbocycles. The lowest BCUT2D eigenvalue weighted by Gasteiger charge is -2.24. The van der Waals surface area contributed by atoms with Crippen LogP contribution in [0, 0.1) is 0 Å². The molecule has 6 heteroatoms. The summed E-state index contributed by atoms with van der Waals surface area (Å²) < 4.78 is 16.6. The van der Waals surface area contributed by atoms with Gasteiger partial charge in [0.1, 0.15) is 11.5 Å². The van der Waals surface area contributed by atoms with Crippen LogP contribution in [-0.4, -0.2) is 42.5 Å². The summed E-state index contributed by atoms with van der Waals surface area (Å²) in [6.07, 6.45) is 3.63. The molecule has 26 heavy (non-hydrogen) atoms. The van der Waals surface area contributed by atoms with Crippen molar-refractivity contribution in [1.82, 2.24) is 4.90 Å². The van der Waals surface area contributed by atoms with E-state index < -0.39 is 0 Å². The Morgan fingerprint density at radius 3 is 2.65 bits per heavy atom. The third-order valence-electron chi connectivity index (χ3n) is 4.35.